The zero-order valence-electron chi connectivity index (χ0n) is 9.44. The van der Waals surface area contributed by atoms with Gasteiger partial charge >= 0.3 is 0 Å². The topological polar surface area (TPSA) is 65.3 Å². The van der Waals surface area contributed by atoms with Crippen molar-refractivity contribution < 1.29 is 9.66 Å². The molecule has 0 unspecified atom stereocenters. The summed E-state index contributed by atoms with van der Waals surface area (Å²) in [5.41, 5.74) is -0.0639. The summed E-state index contributed by atoms with van der Waals surface area (Å²) in [5.74, 6) is 0.553. The van der Waals surface area contributed by atoms with E-state index >= 15 is 0 Å². The van der Waals surface area contributed by atoms with E-state index in [-0.39, 0.29) is 11.6 Å². The van der Waals surface area contributed by atoms with Crippen molar-refractivity contribution in [2.24, 2.45) is 0 Å². The maximum absolute atomic E-state index is 10.8. The van der Waals surface area contributed by atoms with Gasteiger partial charge in [-0.05, 0) is 53.9 Å². The number of ether oxygens (including phenoxy) is 1. The van der Waals surface area contributed by atoms with Gasteiger partial charge in [0.25, 0.3) is 5.69 Å². The van der Waals surface area contributed by atoms with Crippen LogP contribution < -0.4 is 4.74 Å². The van der Waals surface area contributed by atoms with Crippen molar-refractivity contribution >= 4 is 65.1 Å². The normalized spacial score (nSPS) is 10.4. The number of pyridine rings is 1. The number of nitrogens with zero attached hydrogens (tertiary/aromatic N) is 2. The fourth-order valence-corrected chi connectivity index (χ4v) is 3.32. The standard InChI is InChI=1S/C11H4Br3ClN2O3/c12-5-1-9(15)11(16-4-5)20-10-7(13)2-6(17(18)19)3-8(10)14/h1-4H. The van der Waals surface area contributed by atoms with E-state index in [4.69, 9.17) is 16.3 Å². The SMILES string of the molecule is O=[N+]([O-])c1cc(Br)c(Oc2ncc(Br)cc2Cl)c(Br)c1. The number of hydrogen-bond acceptors (Lipinski definition) is 4. The van der Waals surface area contributed by atoms with Gasteiger partial charge in [-0.1, -0.05) is 11.6 Å². The molecule has 0 atom stereocenters. The first-order valence-corrected chi connectivity index (χ1v) is 7.76. The van der Waals surface area contributed by atoms with E-state index in [1.54, 1.807) is 6.07 Å². The Hall–Kier alpha value is -0.700. The van der Waals surface area contributed by atoms with Gasteiger partial charge in [0.05, 0.1) is 13.9 Å². The summed E-state index contributed by atoms with van der Waals surface area (Å²) in [7, 11) is 0. The maximum Gasteiger partial charge on any atom is 0.271 e. The second-order valence-electron chi connectivity index (χ2n) is 3.54. The minimum atomic E-state index is -0.496. The van der Waals surface area contributed by atoms with Crippen LogP contribution in [0.25, 0.3) is 0 Å². The third-order valence-electron chi connectivity index (χ3n) is 2.17. The van der Waals surface area contributed by atoms with E-state index in [0.29, 0.717) is 19.7 Å². The zero-order valence-corrected chi connectivity index (χ0v) is 15.0. The van der Waals surface area contributed by atoms with Gasteiger partial charge in [0, 0.05) is 22.8 Å². The quantitative estimate of drug-likeness (QED) is 0.410. The van der Waals surface area contributed by atoms with Crippen LogP contribution in [0.1, 0.15) is 0 Å². The fourth-order valence-electron chi connectivity index (χ4n) is 1.32. The highest BCUT2D eigenvalue weighted by Gasteiger charge is 2.17. The third-order valence-corrected chi connectivity index (χ3v) is 4.05. The highest BCUT2D eigenvalue weighted by atomic mass is 79.9. The largest absolute Gasteiger partial charge is 0.435 e. The van der Waals surface area contributed by atoms with E-state index in [1.165, 1.54) is 18.3 Å². The lowest BCUT2D eigenvalue weighted by Crippen LogP contribution is -1.94. The number of nitro groups is 1. The molecule has 0 spiro atoms. The molecule has 104 valence electrons. The molecule has 0 aliphatic heterocycles. The van der Waals surface area contributed by atoms with Crippen LogP contribution in [-0.2, 0) is 0 Å². The van der Waals surface area contributed by atoms with E-state index in [2.05, 4.69) is 52.8 Å². The second kappa shape index (κ2) is 6.38. The van der Waals surface area contributed by atoms with Crippen LogP contribution >= 0.6 is 59.4 Å². The highest BCUT2D eigenvalue weighted by molar-refractivity contribution is 9.11. The number of halogens is 4. The number of rotatable bonds is 3. The minimum absolute atomic E-state index is 0.0639. The molecule has 0 aliphatic rings. The summed E-state index contributed by atoms with van der Waals surface area (Å²) in [6.45, 7) is 0. The number of nitro benzene ring substituents is 1. The molecule has 0 radical (unpaired) electrons. The highest BCUT2D eigenvalue weighted by Crippen LogP contribution is 2.40. The summed E-state index contributed by atoms with van der Waals surface area (Å²) in [4.78, 5) is 14.3. The smallest absolute Gasteiger partial charge is 0.271 e. The molecule has 0 N–H and O–H groups in total. The van der Waals surface area contributed by atoms with Crippen LogP contribution in [0.5, 0.6) is 11.6 Å². The molecule has 0 fully saturated rings. The van der Waals surface area contributed by atoms with Gasteiger partial charge in [-0.2, -0.15) is 0 Å². The number of hydrogen-bond donors (Lipinski definition) is 0. The first-order chi connectivity index (χ1) is 9.38. The van der Waals surface area contributed by atoms with Gasteiger partial charge in [0.15, 0.2) is 5.75 Å². The maximum atomic E-state index is 10.8. The lowest BCUT2D eigenvalue weighted by atomic mass is 10.3. The van der Waals surface area contributed by atoms with Crippen molar-refractivity contribution in [1.29, 1.82) is 0 Å². The van der Waals surface area contributed by atoms with Crippen LogP contribution in [0.4, 0.5) is 5.69 Å². The first kappa shape index (κ1) is 15.7. The van der Waals surface area contributed by atoms with Gasteiger partial charge < -0.3 is 4.74 Å². The second-order valence-corrected chi connectivity index (χ2v) is 6.57. The van der Waals surface area contributed by atoms with Gasteiger partial charge in [-0.25, -0.2) is 4.98 Å². The molecule has 1 aromatic carbocycles. The Morgan fingerprint density at radius 3 is 2.30 bits per heavy atom. The van der Waals surface area contributed by atoms with Crippen molar-refractivity contribution in [3.63, 3.8) is 0 Å². The summed E-state index contributed by atoms with van der Waals surface area (Å²) in [5, 5.41) is 11.1. The Balaban J connectivity index is 2.41. The summed E-state index contributed by atoms with van der Waals surface area (Å²) in [6, 6.07) is 4.32. The van der Waals surface area contributed by atoms with Crippen molar-refractivity contribution in [1.82, 2.24) is 4.98 Å². The molecule has 9 heteroatoms. The van der Waals surface area contributed by atoms with Crippen molar-refractivity contribution in [3.8, 4) is 11.6 Å². The molecule has 1 aromatic heterocycles. The Morgan fingerprint density at radius 2 is 1.80 bits per heavy atom. The molecule has 0 saturated heterocycles. The minimum Gasteiger partial charge on any atom is -0.435 e. The Labute approximate surface area is 143 Å². The average Bonchev–Trinajstić information content (AvgIpc) is 2.35. The Morgan fingerprint density at radius 1 is 1.20 bits per heavy atom. The lowest BCUT2D eigenvalue weighted by molar-refractivity contribution is -0.385. The molecule has 0 amide bonds. The molecule has 20 heavy (non-hydrogen) atoms. The molecule has 1 heterocycles. The van der Waals surface area contributed by atoms with Crippen LogP contribution in [0.2, 0.25) is 5.02 Å². The molecule has 0 bridgehead atoms. The van der Waals surface area contributed by atoms with E-state index < -0.39 is 4.92 Å². The Bertz CT molecular complexity index is 674. The van der Waals surface area contributed by atoms with Gasteiger partial charge in [-0.15, -0.1) is 0 Å². The van der Waals surface area contributed by atoms with E-state index in [0.717, 1.165) is 4.47 Å². The average molecular weight is 487 g/mol. The number of aromatic nitrogens is 1. The van der Waals surface area contributed by atoms with Crippen LogP contribution in [-0.4, -0.2) is 9.91 Å². The fraction of sp³-hybridized carbons (Fsp3) is 0. The Kier molecular flexibility index (Phi) is 5.00. The van der Waals surface area contributed by atoms with Gasteiger partial charge in [-0.3, -0.25) is 10.1 Å². The summed E-state index contributed by atoms with van der Waals surface area (Å²) < 4.78 is 7.13. The van der Waals surface area contributed by atoms with Gasteiger partial charge in [0.1, 0.15) is 5.02 Å². The molecule has 0 aliphatic carbocycles. The molecular weight excluding hydrogens is 483 g/mol. The van der Waals surface area contributed by atoms with Crippen molar-refractivity contribution in [3.05, 3.63) is 53.0 Å². The molecular formula is C11H4Br3ClN2O3. The molecule has 2 aromatic rings. The molecule has 2 rings (SSSR count). The van der Waals surface area contributed by atoms with Gasteiger partial charge in [0.2, 0.25) is 5.88 Å². The number of benzene rings is 1. The predicted octanol–water partition coefficient (Wildman–Crippen LogP) is 5.72. The summed E-state index contributed by atoms with van der Waals surface area (Å²) in [6.07, 6.45) is 1.54. The van der Waals surface area contributed by atoms with E-state index in [9.17, 15) is 10.1 Å². The lowest BCUT2D eigenvalue weighted by Gasteiger charge is -2.10. The van der Waals surface area contributed by atoms with Crippen molar-refractivity contribution in [2.75, 3.05) is 0 Å². The van der Waals surface area contributed by atoms with E-state index in [1.807, 2.05) is 0 Å². The monoisotopic (exact) mass is 484 g/mol. The van der Waals surface area contributed by atoms with Crippen LogP contribution in [0.3, 0.4) is 0 Å². The molecule has 5 nitrogen and oxygen atoms in total. The van der Waals surface area contributed by atoms with Crippen LogP contribution in [0, 0.1) is 10.1 Å². The zero-order chi connectivity index (χ0) is 14.9. The number of non-ortho nitro benzene ring substituents is 1. The molecule has 0 saturated carbocycles. The predicted molar refractivity (Wildman–Crippen MR) is 85.5 cm³/mol. The van der Waals surface area contributed by atoms with Crippen molar-refractivity contribution in [2.45, 2.75) is 0 Å². The van der Waals surface area contributed by atoms with Crippen LogP contribution in [0.15, 0.2) is 37.8 Å². The summed E-state index contributed by atoms with van der Waals surface area (Å²) >= 11 is 15.7. The first-order valence-electron chi connectivity index (χ1n) is 5.01. The third kappa shape index (κ3) is 3.49.